The van der Waals surface area contributed by atoms with Crippen molar-refractivity contribution < 1.29 is 9.13 Å². The molecule has 0 fully saturated rings. The number of aliphatic imine (C=N–C) groups is 1. The fraction of sp³-hybridized carbons (Fsp3) is 0.235. The summed E-state index contributed by atoms with van der Waals surface area (Å²) in [5, 5.41) is 3.05. The third-order valence-electron chi connectivity index (χ3n) is 3.21. The molecule has 0 unspecified atom stereocenters. The van der Waals surface area contributed by atoms with E-state index in [1.54, 1.807) is 12.1 Å². The highest BCUT2D eigenvalue weighted by molar-refractivity contribution is 14.0. The Labute approximate surface area is 153 Å². The summed E-state index contributed by atoms with van der Waals surface area (Å²) in [6.45, 7) is 1.03. The first kappa shape index (κ1) is 19.2. The number of nitrogens with zero attached hydrogens (tertiary/aromatic N) is 1. The third kappa shape index (κ3) is 6.43. The number of nitrogens with one attached hydrogen (secondary N) is 1. The molecule has 2 rings (SSSR count). The average Bonchev–Trinajstić information content (AvgIpc) is 2.54. The van der Waals surface area contributed by atoms with Crippen LogP contribution in [0.25, 0.3) is 0 Å². The zero-order valence-corrected chi connectivity index (χ0v) is 15.3. The highest BCUT2D eigenvalue weighted by Gasteiger charge is 2.03. The second-order valence-corrected chi connectivity index (χ2v) is 4.83. The summed E-state index contributed by atoms with van der Waals surface area (Å²) in [4.78, 5) is 4.20. The van der Waals surface area contributed by atoms with Crippen LogP contribution in [-0.2, 0) is 13.0 Å². The zero-order chi connectivity index (χ0) is 15.8. The minimum atomic E-state index is -0.397. The van der Waals surface area contributed by atoms with Gasteiger partial charge in [0.25, 0.3) is 0 Å². The number of benzene rings is 2. The van der Waals surface area contributed by atoms with E-state index in [4.69, 9.17) is 10.5 Å². The molecule has 23 heavy (non-hydrogen) atoms. The number of rotatable bonds is 6. The molecule has 0 heterocycles. The van der Waals surface area contributed by atoms with Crippen molar-refractivity contribution >= 4 is 29.9 Å². The molecule has 2 aromatic rings. The fourth-order valence-corrected chi connectivity index (χ4v) is 2.02. The molecule has 0 aliphatic heterocycles. The number of ether oxygens (including phenoxy) is 1. The first-order chi connectivity index (χ1) is 10.7. The van der Waals surface area contributed by atoms with Crippen LogP contribution in [0.5, 0.6) is 5.75 Å². The van der Waals surface area contributed by atoms with E-state index in [1.807, 2.05) is 18.2 Å². The maximum Gasteiger partial charge on any atom is 0.188 e. The number of methoxy groups -OCH3 is 1. The summed E-state index contributed by atoms with van der Waals surface area (Å²) in [6, 6.07) is 14.9. The molecule has 6 heteroatoms. The lowest BCUT2D eigenvalue weighted by atomic mass is 10.1. The van der Waals surface area contributed by atoms with Crippen molar-refractivity contribution in [1.29, 1.82) is 0 Å². The number of hydrogen-bond donors (Lipinski definition) is 2. The number of guanidine groups is 1. The Morgan fingerprint density at radius 3 is 2.57 bits per heavy atom. The molecule has 0 radical (unpaired) electrons. The van der Waals surface area contributed by atoms with Gasteiger partial charge < -0.3 is 15.8 Å². The Kier molecular flexibility index (Phi) is 8.39. The molecule has 0 saturated heterocycles. The number of hydrogen-bond acceptors (Lipinski definition) is 2. The summed E-state index contributed by atoms with van der Waals surface area (Å²) in [7, 11) is 1.44. The Balaban J connectivity index is 0.00000264. The van der Waals surface area contributed by atoms with Crippen molar-refractivity contribution in [2.24, 2.45) is 10.7 Å². The monoisotopic (exact) mass is 429 g/mol. The first-order valence-corrected chi connectivity index (χ1v) is 7.09. The van der Waals surface area contributed by atoms with Crippen molar-refractivity contribution in [3.8, 4) is 5.75 Å². The number of halogens is 2. The van der Waals surface area contributed by atoms with E-state index < -0.39 is 5.82 Å². The van der Waals surface area contributed by atoms with Gasteiger partial charge in [-0.3, -0.25) is 0 Å². The molecule has 3 N–H and O–H groups in total. The summed E-state index contributed by atoms with van der Waals surface area (Å²) in [6.07, 6.45) is 0.869. The van der Waals surface area contributed by atoms with Crippen LogP contribution in [-0.4, -0.2) is 19.6 Å². The Morgan fingerprint density at radius 1 is 1.17 bits per heavy atom. The van der Waals surface area contributed by atoms with Gasteiger partial charge in [-0.2, -0.15) is 0 Å². The van der Waals surface area contributed by atoms with Gasteiger partial charge in [-0.1, -0.05) is 36.4 Å². The van der Waals surface area contributed by atoms with Crippen molar-refractivity contribution in [2.45, 2.75) is 13.0 Å². The highest BCUT2D eigenvalue weighted by atomic mass is 127. The predicted octanol–water partition coefficient (Wildman–Crippen LogP) is 3.10. The highest BCUT2D eigenvalue weighted by Crippen LogP contribution is 2.17. The van der Waals surface area contributed by atoms with Gasteiger partial charge in [0.2, 0.25) is 0 Å². The average molecular weight is 429 g/mol. The van der Waals surface area contributed by atoms with Gasteiger partial charge in [0.15, 0.2) is 17.5 Å². The maximum absolute atomic E-state index is 13.5. The zero-order valence-electron chi connectivity index (χ0n) is 13.0. The molecule has 124 valence electrons. The van der Waals surface area contributed by atoms with Crippen LogP contribution in [0.15, 0.2) is 53.5 Å². The van der Waals surface area contributed by atoms with E-state index in [-0.39, 0.29) is 29.7 Å². The molecule has 0 spiro atoms. The summed E-state index contributed by atoms with van der Waals surface area (Å²) in [5.41, 5.74) is 7.78. The maximum atomic E-state index is 13.5. The van der Waals surface area contributed by atoms with E-state index in [0.29, 0.717) is 19.0 Å². The van der Waals surface area contributed by atoms with Crippen molar-refractivity contribution in [3.63, 3.8) is 0 Å². The molecule has 0 amide bonds. The van der Waals surface area contributed by atoms with Crippen LogP contribution in [0, 0.1) is 5.82 Å². The summed E-state index contributed by atoms with van der Waals surface area (Å²) >= 11 is 0. The van der Waals surface area contributed by atoms with Crippen LogP contribution >= 0.6 is 24.0 Å². The molecule has 0 aliphatic rings. The molecule has 2 aromatic carbocycles. The smallest absolute Gasteiger partial charge is 0.188 e. The van der Waals surface area contributed by atoms with E-state index in [1.165, 1.54) is 18.7 Å². The minimum absolute atomic E-state index is 0. The minimum Gasteiger partial charge on any atom is -0.494 e. The molecule has 0 bridgehead atoms. The van der Waals surface area contributed by atoms with Crippen LogP contribution < -0.4 is 15.8 Å². The van der Waals surface area contributed by atoms with Gasteiger partial charge in [-0.25, -0.2) is 9.38 Å². The molecule has 0 aromatic heterocycles. The number of nitrogens with two attached hydrogens (primary N) is 1. The van der Waals surface area contributed by atoms with Crippen molar-refractivity contribution in [2.75, 3.05) is 13.7 Å². The summed E-state index contributed by atoms with van der Waals surface area (Å²) < 4.78 is 18.4. The van der Waals surface area contributed by atoms with Gasteiger partial charge >= 0.3 is 0 Å². The van der Waals surface area contributed by atoms with Crippen LogP contribution in [0.4, 0.5) is 4.39 Å². The molecule has 4 nitrogen and oxygen atoms in total. The van der Waals surface area contributed by atoms with E-state index >= 15 is 0 Å². The standard InChI is InChI=1S/C17H20FN3O.HI/c1-22-16-8-7-14(11-15(16)18)12-21-17(19)20-10-9-13-5-3-2-4-6-13;/h2-8,11H,9-10,12H2,1H3,(H3,19,20,21);1H. The Bertz CT molecular complexity index is 635. The molecule has 0 aliphatic carbocycles. The molecule has 0 atom stereocenters. The van der Waals surface area contributed by atoms with Crippen molar-refractivity contribution in [3.05, 3.63) is 65.5 Å². The topological polar surface area (TPSA) is 59.6 Å². The van der Waals surface area contributed by atoms with Gasteiger partial charge in [-0.15, -0.1) is 24.0 Å². The van der Waals surface area contributed by atoms with E-state index in [0.717, 1.165) is 12.0 Å². The van der Waals surface area contributed by atoms with Crippen LogP contribution in [0.1, 0.15) is 11.1 Å². The van der Waals surface area contributed by atoms with E-state index in [2.05, 4.69) is 22.4 Å². The molecular weight excluding hydrogens is 408 g/mol. The lowest BCUT2D eigenvalue weighted by molar-refractivity contribution is 0.386. The second kappa shape index (κ2) is 10.0. The van der Waals surface area contributed by atoms with Gasteiger partial charge in [-0.05, 0) is 29.7 Å². The molecule has 0 saturated carbocycles. The van der Waals surface area contributed by atoms with E-state index in [9.17, 15) is 4.39 Å². The normalized spacial score (nSPS) is 10.8. The lowest BCUT2D eigenvalue weighted by Crippen LogP contribution is -2.33. The van der Waals surface area contributed by atoms with Gasteiger partial charge in [0.05, 0.1) is 13.7 Å². The summed E-state index contributed by atoms with van der Waals surface area (Å²) in [5.74, 6) is 0.180. The van der Waals surface area contributed by atoms with Gasteiger partial charge in [0.1, 0.15) is 0 Å². The fourth-order valence-electron chi connectivity index (χ4n) is 2.02. The van der Waals surface area contributed by atoms with Gasteiger partial charge in [0, 0.05) is 6.54 Å². The van der Waals surface area contributed by atoms with Crippen molar-refractivity contribution in [1.82, 2.24) is 5.32 Å². The van der Waals surface area contributed by atoms with Crippen LogP contribution in [0.3, 0.4) is 0 Å². The lowest BCUT2D eigenvalue weighted by Gasteiger charge is -2.06. The quantitative estimate of drug-likeness (QED) is 0.422. The van der Waals surface area contributed by atoms with Crippen LogP contribution in [0.2, 0.25) is 0 Å². The largest absolute Gasteiger partial charge is 0.494 e. The Hall–Kier alpha value is -1.83. The molecular formula is C17H21FIN3O. The third-order valence-corrected chi connectivity index (χ3v) is 3.21. The SMILES string of the molecule is COc1ccc(CN=C(N)NCCc2ccccc2)cc1F.I. The Morgan fingerprint density at radius 2 is 1.91 bits per heavy atom. The second-order valence-electron chi connectivity index (χ2n) is 4.83. The first-order valence-electron chi connectivity index (χ1n) is 7.09. The predicted molar refractivity (Wildman–Crippen MR) is 102 cm³/mol.